The summed E-state index contributed by atoms with van der Waals surface area (Å²) in [5.74, 6) is 1.19. The van der Waals surface area contributed by atoms with Gasteiger partial charge in [-0.05, 0) is 103 Å². The summed E-state index contributed by atoms with van der Waals surface area (Å²) in [4.78, 5) is 32.9. The van der Waals surface area contributed by atoms with Crippen LogP contribution in [0.3, 0.4) is 0 Å². The largest absolute Gasteiger partial charge is 0.493 e. The first-order valence-electron chi connectivity index (χ1n) is 13.8. The Morgan fingerprint density at radius 1 is 0.829 bits per heavy atom. The molecule has 6 rings (SSSR count). The number of nitrogens with zero attached hydrogens (tertiary/aromatic N) is 1. The molecule has 0 radical (unpaired) electrons. The van der Waals surface area contributed by atoms with E-state index in [1.807, 2.05) is 48.5 Å². The minimum atomic E-state index is -1.45. The quantitative estimate of drug-likeness (QED) is 0.185. The van der Waals surface area contributed by atoms with Crippen molar-refractivity contribution in [2.24, 2.45) is 0 Å². The van der Waals surface area contributed by atoms with Gasteiger partial charge in [0.15, 0.2) is 23.1 Å². The lowest BCUT2D eigenvalue weighted by Gasteiger charge is -2.28. The van der Waals surface area contributed by atoms with Crippen molar-refractivity contribution in [2.75, 3.05) is 7.11 Å². The first kappa shape index (κ1) is 27.2. The van der Waals surface area contributed by atoms with Gasteiger partial charge in [-0.2, -0.15) is 0 Å². The van der Waals surface area contributed by atoms with E-state index in [4.69, 9.17) is 14.2 Å². The molecule has 0 saturated heterocycles. The van der Waals surface area contributed by atoms with Crippen LogP contribution in [0.1, 0.15) is 63.1 Å². The van der Waals surface area contributed by atoms with E-state index in [-0.39, 0.29) is 24.1 Å². The number of benzene rings is 3. The van der Waals surface area contributed by atoms with Gasteiger partial charge in [0.2, 0.25) is 0 Å². The number of pyridine rings is 1. The average Bonchev–Trinajstić information content (AvgIpc) is 3.59. The number of rotatable bonds is 9. The summed E-state index contributed by atoms with van der Waals surface area (Å²) in [6.07, 6.45) is 7.84. The molecule has 4 aromatic rings. The van der Waals surface area contributed by atoms with Gasteiger partial charge < -0.3 is 14.2 Å². The number of ketones is 2. The predicted octanol–water partition coefficient (Wildman–Crippen LogP) is 7.31. The van der Waals surface area contributed by atoms with Gasteiger partial charge in [-0.25, -0.2) is 0 Å². The molecule has 0 amide bonds. The van der Waals surface area contributed by atoms with Crippen LogP contribution in [0.2, 0.25) is 0 Å². The fourth-order valence-corrected chi connectivity index (χ4v) is 6.13. The molecule has 1 fully saturated rings. The highest BCUT2D eigenvalue weighted by Crippen LogP contribution is 2.46. The summed E-state index contributed by atoms with van der Waals surface area (Å²) >= 11 is 3.45. The van der Waals surface area contributed by atoms with Gasteiger partial charge in [-0.3, -0.25) is 14.6 Å². The zero-order valence-corrected chi connectivity index (χ0v) is 24.4. The average molecular weight is 613 g/mol. The Kier molecular flexibility index (Phi) is 7.63. The summed E-state index contributed by atoms with van der Waals surface area (Å²) < 4.78 is 19.0. The Hall–Kier alpha value is -3.97. The third-order valence-electron chi connectivity index (χ3n) is 8.05. The molecular formula is C34H30BrNO5. The highest BCUT2D eigenvalue weighted by atomic mass is 79.9. The second-order valence-electron chi connectivity index (χ2n) is 10.6. The summed E-state index contributed by atoms with van der Waals surface area (Å²) in [5.41, 5.74) is 1.74. The van der Waals surface area contributed by atoms with E-state index >= 15 is 0 Å². The lowest BCUT2D eigenvalue weighted by molar-refractivity contribution is 0.0792. The van der Waals surface area contributed by atoms with Gasteiger partial charge in [0.05, 0.1) is 13.2 Å². The van der Waals surface area contributed by atoms with Crippen molar-refractivity contribution >= 4 is 27.5 Å². The number of Topliss-reactive ketones (excluding diaryl/α,β-unsaturated/α-hetero) is 2. The van der Waals surface area contributed by atoms with Crippen LogP contribution in [0.15, 0.2) is 89.7 Å². The van der Waals surface area contributed by atoms with Gasteiger partial charge in [0.1, 0.15) is 17.8 Å². The maximum absolute atomic E-state index is 14.4. The van der Waals surface area contributed by atoms with Crippen LogP contribution < -0.4 is 14.2 Å². The molecule has 0 spiro atoms. The monoisotopic (exact) mass is 611 g/mol. The van der Waals surface area contributed by atoms with Crippen molar-refractivity contribution in [2.45, 2.75) is 50.2 Å². The zero-order chi connectivity index (χ0) is 28.4. The normalized spacial score (nSPS) is 18.4. The predicted molar refractivity (Wildman–Crippen MR) is 159 cm³/mol. The number of carbonyl (C=O) groups is 2. The second kappa shape index (κ2) is 11.5. The molecule has 2 aliphatic rings. The van der Waals surface area contributed by atoms with Gasteiger partial charge in [0, 0.05) is 28.0 Å². The molecule has 6 nitrogen and oxygen atoms in total. The van der Waals surface area contributed by atoms with Gasteiger partial charge in [0.25, 0.3) is 0 Å². The molecule has 2 aliphatic carbocycles. The number of methoxy groups -OCH3 is 1. The Morgan fingerprint density at radius 3 is 2.29 bits per heavy atom. The number of carbonyl (C=O) groups excluding carboxylic acids is 2. The molecule has 1 atom stereocenters. The Bertz CT molecular complexity index is 1580. The molecule has 41 heavy (non-hydrogen) atoms. The standard InChI is InChI=1S/C34H30BrNO5/c1-39-30-13-8-24(18-31(30)41-26-4-2-3-5-26)34(20-22-14-16-36-17-15-22)32(37)28-12-11-27(19-29(28)33(34)38)40-21-23-6-9-25(35)10-7-23/h6-19,26H,2-5,20-21H2,1H3. The second-order valence-corrected chi connectivity index (χ2v) is 11.5. The molecule has 0 aliphatic heterocycles. The SMILES string of the molecule is COc1ccc(C2(Cc3ccncc3)C(=O)c3ccc(OCc4ccc(Br)cc4)cc3C2=O)cc1OC1CCCC1. The summed E-state index contributed by atoms with van der Waals surface area (Å²) in [6.45, 7) is 0.344. The summed E-state index contributed by atoms with van der Waals surface area (Å²) in [7, 11) is 1.60. The number of hydrogen-bond donors (Lipinski definition) is 0. The van der Waals surface area contributed by atoms with Crippen LogP contribution in [-0.2, 0) is 18.4 Å². The number of aromatic nitrogens is 1. The van der Waals surface area contributed by atoms with Crippen LogP contribution >= 0.6 is 15.9 Å². The van der Waals surface area contributed by atoms with E-state index in [0.717, 1.165) is 41.3 Å². The van der Waals surface area contributed by atoms with Crippen LogP contribution in [-0.4, -0.2) is 29.8 Å². The van der Waals surface area contributed by atoms with E-state index in [2.05, 4.69) is 20.9 Å². The van der Waals surface area contributed by atoms with Crippen molar-refractivity contribution in [1.82, 2.24) is 4.98 Å². The zero-order valence-electron chi connectivity index (χ0n) is 22.8. The van der Waals surface area contributed by atoms with E-state index in [9.17, 15) is 9.59 Å². The number of fused-ring (bicyclic) bond motifs is 1. The Labute approximate surface area is 247 Å². The molecule has 208 valence electrons. The smallest absolute Gasteiger partial charge is 0.182 e. The topological polar surface area (TPSA) is 74.7 Å². The van der Waals surface area contributed by atoms with Crippen molar-refractivity contribution in [3.8, 4) is 17.2 Å². The fourth-order valence-electron chi connectivity index (χ4n) is 5.86. The molecule has 1 heterocycles. The van der Waals surface area contributed by atoms with Gasteiger partial charge in [-0.15, -0.1) is 0 Å². The maximum atomic E-state index is 14.4. The fraction of sp³-hybridized carbons (Fsp3) is 0.265. The van der Waals surface area contributed by atoms with Crippen LogP contribution in [0, 0.1) is 0 Å². The van der Waals surface area contributed by atoms with E-state index in [1.54, 1.807) is 43.8 Å². The van der Waals surface area contributed by atoms with Crippen molar-refractivity contribution < 1.29 is 23.8 Å². The van der Waals surface area contributed by atoms with E-state index < -0.39 is 5.41 Å². The van der Waals surface area contributed by atoms with Crippen molar-refractivity contribution in [3.63, 3.8) is 0 Å². The molecular weight excluding hydrogens is 582 g/mol. The molecule has 1 saturated carbocycles. The van der Waals surface area contributed by atoms with Crippen LogP contribution in [0.4, 0.5) is 0 Å². The molecule has 1 unspecified atom stereocenters. The van der Waals surface area contributed by atoms with Gasteiger partial charge >= 0.3 is 0 Å². The minimum Gasteiger partial charge on any atom is -0.493 e. The van der Waals surface area contributed by atoms with Crippen LogP contribution in [0.5, 0.6) is 17.2 Å². The number of hydrogen-bond acceptors (Lipinski definition) is 6. The highest BCUT2D eigenvalue weighted by Gasteiger charge is 2.54. The Morgan fingerprint density at radius 2 is 1.56 bits per heavy atom. The van der Waals surface area contributed by atoms with Gasteiger partial charge in [-0.1, -0.05) is 34.1 Å². The third-order valence-corrected chi connectivity index (χ3v) is 8.57. The van der Waals surface area contributed by atoms with E-state index in [0.29, 0.717) is 40.5 Å². The lowest BCUT2D eigenvalue weighted by Crippen LogP contribution is -2.40. The first-order valence-corrected chi connectivity index (χ1v) is 14.6. The highest BCUT2D eigenvalue weighted by molar-refractivity contribution is 9.10. The molecule has 0 N–H and O–H groups in total. The molecule has 7 heteroatoms. The first-order chi connectivity index (χ1) is 20.0. The van der Waals surface area contributed by atoms with Crippen molar-refractivity contribution in [1.29, 1.82) is 0 Å². The van der Waals surface area contributed by atoms with Crippen LogP contribution in [0.25, 0.3) is 0 Å². The summed E-state index contributed by atoms with van der Waals surface area (Å²) in [5, 5.41) is 0. The van der Waals surface area contributed by atoms with Crippen molar-refractivity contribution in [3.05, 3.63) is 117 Å². The molecule has 1 aromatic heterocycles. The molecule has 3 aromatic carbocycles. The summed E-state index contributed by atoms with van der Waals surface area (Å²) in [6, 6.07) is 22.1. The minimum absolute atomic E-state index is 0.0907. The Balaban J connectivity index is 1.39. The van der Waals surface area contributed by atoms with E-state index in [1.165, 1.54) is 0 Å². The molecule has 0 bridgehead atoms. The third kappa shape index (κ3) is 5.26. The lowest BCUT2D eigenvalue weighted by atomic mass is 9.71. The maximum Gasteiger partial charge on any atom is 0.182 e. The number of halogens is 1. The number of ether oxygens (including phenoxy) is 3.